The van der Waals surface area contributed by atoms with E-state index >= 15 is 0 Å². The molecule has 2 N–H and O–H groups in total. The summed E-state index contributed by atoms with van der Waals surface area (Å²) < 4.78 is 36.5. The number of nitrogen functional groups attached to an aromatic ring is 1. The van der Waals surface area contributed by atoms with Crippen LogP contribution >= 0.6 is 0 Å². The largest absolute Gasteiger partial charge is 0.396 e. The molecule has 0 aliphatic rings. The molecule has 0 aliphatic carbocycles. The van der Waals surface area contributed by atoms with Gasteiger partial charge in [0.25, 0.3) is 0 Å². The van der Waals surface area contributed by atoms with Gasteiger partial charge in [-0.25, -0.2) is 4.98 Å². The van der Waals surface area contributed by atoms with Crippen LogP contribution in [0.2, 0.25) is 0 Å². The summed E-state index contributed by atoms with van der Waals surface area (Å²) in [6.07, 6.45) is -5.54. The summed E-state index contributed by atoms with van der Waals surface area (Å²) in [5.74, 6) is -0.261. The van der Waals surface area contributed by atoms with Gasteiger partial charge in [-0.3, -0.25) is 0 Å². The highest BCUT2D eigenvalue weighted by molar-refractivity contribution is 5.19. The Hall–Kier alpha value is -1.40. The van der Waals surface area contributed by atoms with Crippen LogP contribution in [0.3, 0.4) is 0 Å². The van der Waals surface area contributed by atoms with Gasteiger partial charge in [-0.2, -0.15) is 23.1 Å². The van der Waals surface area contributed by atoms with Gasteiger partial charge in [0.1, 0.15) is 18.1 Å². The van der Waals surface area contributed by atoms with Gasteiger partial charge in [0.2, 0.25) is 5.95 Å². The third kappa shape index (κ3) is 3.63. The number of rotatable bonds is 1. The highest BCUT2D eigenvalue weighted by Crippen LogP contribution is 2.22. The molecule has 1 rings (SSSR count). The van der Waals surface area contributed by atoms with Crippen LogP contribution in [0.25, 0.3) is 0 Å². The number of aromatic nitrogens is 3. The first kappa shape index (κ1) is 12.7. The number of hydrogen-bond donors (Lipinski definition) is 1. The summed E-state index contributed by atoms with van der Waals surface area (Å²) in [4.78, 5) is 11.1. The van der Waals surface area contributed by atoms with Gasteiger partial charge in [-0.1, -0.05) is 20.8 Å². The first-order chi connectivity index (χ1) is 7.08. The summed E-state index contributed by atoms with van der Waals surface area (Å²) in [5, 5.41) is 0. The molecular weight excluding hydrogens is 221 g/mol. The van der Waals surface area contributed by atoms with E-state index in [2.05, 4.69) is 15.0 Å². The maximum absolute atomic E-state index is 12.2. The van der Waals surface area contributed by atoms with E-state index in [-0.39, 0.29) is 17.6 Å². The molecule has 0 radical (unpaired) electrons. The number of hydrogen-bond acceptors (Lipinski definition) is 4. The summed E-state index contributed by atoms with van der Waals surface area (Å²) in [6.45, 7) is 5.37. The van der Waals surface area contributed by atoms with Crippen molar-refractivity contribution in [1.82, 2.24) is 15.0 Å². The molecule has 90 valence electrons. The third-order valence-corrected chi connectivity index (χ3v) is 1.73. The minimum atomic E-state index is -4.34. The van der Waals surface area contributed by atoms with E-state index in [9.17, 15) is 13.2 Å². The first-order valence-electron chi connectivity index (χ1n) is 4.65. The van der Waals surface area contributed by atoms with Gasteiger partial charge in [-0.05, 0) is 0 Å². The van der Waals surface area contributed by atoms with Crippen LogP contribution in [-0.2, 0) is 11.8 Å². The number of alkyl halides is 3. The molecule has 0 saturated carbocycles. The summed E-state index contributed by atoms with van der Waals surface area (Å²) in [7, 11) is 0. The van der Waals surface area contributed by atoms with Crippen LogP contribution in [0.15, 0.2) is 0 Å². The fourth-order valence-electron chi connectivity index (χ4n) is 1.03. The molecule has 0 aromatic carbocycles. The Balaban J connectivity index is 3.09. The maximum atomic E-state index is 12.2. The lowest BCUT2D eigenvalue weighted by molar-refractivity contribution is -0.128. The second-order valence-corrected chi connectivity index (χ2v) is 4.48. The molecule has 16 heavy (non-hydrogen) atoms. The van der Waals surface area contributed by atoms with Crippen molar-refractivity contribution in [2.24, 2.45) is 0 Å². The summed E-state index contributed by atoms with van der Waals surface area (Å²) in [6, 6.07) is 0. The van der Waals surface area contributed by atoms with Gasteiger partial charge in [-0.15, -0.1) is 0 Å². The van der Waals surface area contributed by atoms with E-state index in [1.165, 1.54) is 0 Å². The monoisotopic (exact) mass is 234 g/mol. The Kier molecular flexibility index (Phi) is 3.07. The molecule has 1 aromatic rings. The van der Waals surface area contributed by atoms with E-state index in [4.69, 9.17) is 5.73 Å². The van der Waals surface area contributed by atoms with Crippen molar-refractivity contribution in [1.29, 1.82) is 0 Å². The Morgan fingerprint density at radius 3 is 2.06 bits per heavy atom. The van der Waals surface area contributed by atoms with Gasteiger partial charge >= 0.3 is 6.18 Å². The fourth-order valence-corrected chi connectivity index (χ4v) is 1.03. The molecule has 0 aliphatic heterocycles. The molecule has 7 heteroatoms. The van der Waals surface area contributed by atoms with Crippen molar-refractivity contribution in [3.63, 3.8) is 0 Å². The average molecular weight is 234 g/mol. The molecule has 0 fully saturated rings. The second-order valence-electron chi connectivity index (χ2n) is 4.48. The number of anilines is 1. The van der Waals surface area contributed by atoms with E-state index in [0.717, 1.165) is 0 Å². The van der Waals surface area contributed by atoms with E-state index < -0.39 is 18.0 Å². The molecule has 1 heterocycles. The lowest BCUT2D eigenvalue weighted by Gasteiger charge is -2.17. The van der Waals surface area contributed by atoms with Crippen molar-refractivity contribution >= 4 is 5.95 Å². The lowest BCUT2D eigenvalue weighted by Crippen LogP contribution is -2.22. The zero-order valence-electron chi connectivity index (χ0n) is 9.26. The number of nitrogens with zero attached hydrogens (tertiary/aromatic N) is 3. The standard InChI is InChI=1S/C9H13F3N4/c1-8(2,3)6-14-5(4-9(10,11)12)15-7(13)16-6/h4H2,1-3H3,(H2,13,14,15,16). The van der Waals surface area contributed by atoms with E-state index in [1.54, 1.807) is 20.8 Å². The normalized spacial score (nSPS) is 12.9. The highest BCUT2D eigenvalue weighted by Gasteiger charge is 2.30. The molecule has 0 bridgehead atoms. The van der Waals surface area contributed by atoms with Crippen LogP contribution in [0.5, 0.6) is 0 Å². The zero-order chi connectivity index (χ0) is 12.6. The molecule has 0 atom stereocenters. The predicted molar refractivity (Wildman–Crippen MR) is 52.7 cm³/mol. The SMILES string of the molecule is CC(C)(C)c1nc(N)nc(CC(F)(F)F)n1. The van der Waals surface area contributed by atoms with E-state index in [0.29, 0.717) is 0 Å². The van der Waals surface area contributed by atoms with Crippen LogP contribution in [0.1, 0.15) is 32.4 Å². The van der Waals surface area contributed by atoms with Crippen molar-refractivity contribution in [2.75, 3.05) is 5.73 Å². The van der Waals surface area contributed by atoms with Gasteiger partial charge < -0.3 is 5.73 Å². The third-order valence-electron chi connectivity index (χ3n) is 1.73. The van der Waals surface area contributed by atoms with Gasteiger partial charge in [0, 0.05) is 5.41 Å². The molecule has 0 unspecified atom stereocenters. The quantitative estimate of drug-likeness (QED) is 0.805. The number of halogens is 3. The van der Waals surface area contributed by atoms with Crippen LogP contribution < -0.4 is 5.73 Å². The smallest absolute Gasteiger partial charge is 0.368 e. The van der Waals surface area contributed by atoms with Gasteiger partial charge in [0.05, 0.1) is 0 Å². The predicted octanol–water partition coefficient (Wildman–Crippen LogP) is 1.86. The highest BCUT2D eigenvalue weighted by atomic mass is 19.4. The minimum absolute atomic E-state index is 0.181. The fraction of sp³-hybridized carbons (Fsp3) is 0.667. The summed E-state index contributed by atoms with van der Waals surface area (Å²) in [5.41, 5.74) is 4.88. The summed E-state index contributed by atoms with van der Waals surface area (Å²) >= 11 is 0. The Morgan fingerprint density at radius 1 is 1.06 bits per heavy atom. The molecular formula is C9H13F3N4. The van der Waals surface area contributed by atoms with Crippen molar-refractivity contribution in [2.45, 2.75) is 38.8 Å². The van der Waals surface area contributed by atoms with Crippen molar-refractivity contribution in [3.05, 3.63) is 11.6 Å². The number of nitrogens with two attached hydrogens (primary N) is 1. The van der Waals surface area contributed by atoms with Crippen molar-refractivity contribution < 1.29 is 13.2 Å². The van der Waals surface area contributed by atoms with Crippen LogP contribution in [-0.4, -0.2) is 21.1 Å². The topological polar surface area (TPSA) is 64.7 Å². The molecule has 0 saturated heterocycles. The first-order valence-corrected chi connectivity index (χ1v) is 4.65. The lowest BCUT2D eigenvalue weighted by atomic mass is 9.96. The maximum Gasteiger partial charge on any atom is 0.396 e. The molecule has 4 nitrogen and oxygen atoms in total. The molecule has 0 amide bonds. The van der Waals surface area contributed by atoms with Crippen LogP contribution in [0.4, 0.5) is 19.1 Å². The van der Waals surface area contributed by atoms with Gasteiger partial charge in [0.15, 0.2) is 0 Å². The van der Waals surface area contributed by atoms with Crippen LogP contribution in [0, 0.1) is 0 Å². The second kappa shape index (κ2) is 3.88. The Labute approximate surface area is 91.1 Å². The van der Waals surface area contributed by atoms with Crippen molar-refractivity contribution in [3.8, 4) is 0 Å². The minimum Gasteiger partial charge on any atom is -0.368 e. The average Bonchev–Trinajstić information content (AvgIpc) is 1.97. The Bertz CT molecular complexity index is 381. The molecule has 1 aromatic heterocycles. The molecule has 0 spiro atoms. The Morgan fingerprint density at radius 2 is 1.62 bits per heavy atom. The van der Waals surface area contributed by atoms with E-state index in [1.807, 2.05) is 0 Å². The zero-order valence-corrected chi connectivity index (χ0v) is 9.26.